The second-order valence-electron chi connectivity index (χ2n) is 12.4. The highest BCUT2D eigenvalue weighted by Gasteiger charge is 2.48. The number of carbonyl (C=O) groups is 2. The smallest absolute Gasteiger partial charge is 0.256 e. The van der Waals surface area contributed by atoms with E-state index in [2.05, 4.69) is 17.0 Å². The zero-order valence-electron chi connectivity index (χ0n) is 24.9. The first kappa shape index (κ1) is 32.1. The van der Waals surface area contributed by atoms with Crippen molar-refractivity contribution in [1.29, 1.82) is 0 Å². The quantitative estimate of drug-likeness (QED) is 0.363. The van der Waals surface area contributed by atoms with E-state index in [0.717, 1.165) is 44.5 Å². The Morgan fingerprint density at radius 3 is 2.18 bits per heavy atom. The van der Waals surface area contributed by atoms with E-state index in [-0.39, 0.29) is 51.9 Å². The molecule has 234 valence electrons. The third-order valence-corrected chi connectivity index (χ3v) is 10.8. The Balaban J connectivity index is 0.00000384. The molecule has 0 radical (unpaired) electrons. The third kappa shape index (κ3) is 6.55. The molecule has 0 saturated carbocycles. The molecule has 3 heterocycles. The summed E-state index contributed by atoms with van der Waals surface area (Å²) in [6, 6.07) is 23.2. The minimum absolute atomic E-state index is 0. The molecular weight excluding hydrogens is 601 g/mol. The fourth-order valence-corrected chi connectivity index (χ4v) is 7.80. The van der Waals surface area contributed by atoms with Crippen LogP contribution in [0.5, 0.6) is 0 Å². The van der Waals surface area contributed by atoms with Gasteiger partial charge in [-0.25, -0.2) is 12.8 Å². The van der Waals surface area contributed by atoms with Crippen molar-refractivity contribution in [2.24, 2.45) is 11.3 Å². The lowest BCUT2D eigenvalue weighted by molar-refractivity contribution is -0.139. The molecule has 2 atom stereocenters. The molecule has 0 unspecified atom stereocenters. The average molecular weight is 640 g/mol. The van der Waals surface area contributed by atoms with E-state index in [1.165, 1.54) is 17.9 Å². The van der Waals surface area contributed by atoms with Gasteiger partial charge in [-0.3, -0.25) is 9.59 Å². The molecule has 3 fully saturated rings. The standard InChI is InChI=1S/C34H38FN3O4S.ClH/c1-43(41,42)28-13-11-25(12-14-28)21-37-20-17-34(33(37)40)15-18-36(19-16-34)22-27-23-38(24-30(27)26-7-3-2-4-8-26)32(39)29-9-5-6-10-31(29)35;/h2-14,27,30H,15-24H2,1H3;1H/t27-,30+;/m0./s1. The number of amides is 2. The lowest BCUT2D eigenvalue weighted by Gasteiger charge is -2.39. The Bertz CT molecular complexity index is 1590. The van der Waals surface area contributed by atoms with Crippen molar-refractivity contribution < 1.29 is 22.4 Å². The van der Waals surface area contributed by atoms with Gasteiger partial charge in [0.1, 0.15) is 5.82 Å². The van der Waals surface area contributed by atoms with Crippen molar-refractivity contribution in [3.63, 3.8) is 0 Å². The van der Waals surface area contributed by atoms with Crippen LogP contribution in [0.3, 0.4) is 0 Å². The fraction of sp³-hybridized carbons (Fsp3) is 0.412. The Morgan fingerprint density at radius 1 is 0.886 bits per heavy atom. The maximum atomic E-state index is 14.5. The zero-order valence-corrected chi connectivity index (χ0v) is 26.5. The predicted molar refractivity (Wildman–Crippen MR) is 170 cm³/mol. The van der Waals surface area contributed by atoms with E-state index >= 15 is 0 Å². The first-order valence-corrected chi connectivity index (χ1v) is 16.9. The number of carbonyl (C=O) groups excluding carboxylic acids is 2. The van der Waals surface area contributed by atoms with Crippen molar-refractivity contribution >= 4 is 34.1 Å². The highest BCUT2D eigenvalue weighted by molar-refractivity contribution is 7.90. The number of hydrogen-bond acceptors (Lipinski definition) is 5. The van der Waals surface area contributed by atoms with Gasteiger partial charge < -0.3 is 14.7 Å². The van der Waals surface area contributed by atoms with Crippen LogP contribution in [-0.2, 0) is 21.2 Å². The number of rotatable bonds is 7. The Hall–Kier alpha value is -3.27. The maximum absolute atomic E-state index is 14.5. The number of piperidine rings is 1. The van der Waals surface area contributed by atoms with Crippen LogP contribution < -0.4 is 0 Å². The van der Waals surface area contributed by atoms with Crippen LogP contribution in [0.2, 0.25) is 0 Å². The first-order valence-electron chi connectivity index (χ1n) is 15.0. The normalized spacial score (nSPS) is 21.9. The van der Waals surface area contributed by atoms with Crippen LogP contribution in [-0.4, -0.2) is 80.5 Å². The summed E-state index contributed by atoms with van der Waals surface area (Å²) in [4.78, 5) is 33.4. The van der Waals surface area contributed by atoms with E-state index in [1.807, 2.05) is 23.1 Å². The van der Waals surface area contributed by atoms with Gasteiger partial charge >= 0.3 is 0 Å². The highest BCUT2D eigenvalue weighted by atomic mass is 35.5. The summed E-state index contributed by atoms with van der Waals surface area (Å²) in [6.07, 6.45) is 3.63. The SMILES string of the molecule is CS(=O)(=O)c1ccc(CN2CCC3(CCN(C[C@H]4CN(C(=O)c5ccccc5F)C[C@@H]4c4ccccc4)CC3)C2=O)cc1.Cl. The summed E-state index contributed by atoms with van der Waals surface area (Å²) in [6.45, 7) is 4.78. The van der Waals surface area contributed by atoms with E-state index < -0.39 is 15.7 Å². The van der Waals surface area contributed by atoms with Gasteiger partial charge in [0.2, 0.25) is 5.91 Å². The number of benzene rings is 3. The highest BCUT2D eigenvalue weighted by Crippen LogP contribution is 2.43. The summed E-state index contributed by atoms with van der Waals surface area (Å²) < 4.78 is 38.0. The van der Waals surface area contributed by atoms with Gasteiger partial charge in [0.15, 0.2) is 9.84 Å². The number of likely N-dealkylation sites (tertiary alicyclic amines) is 3. The minimum Gasteiger partial charge on any atom is -0.338 e. The minimum atomic E-state index is -3.25. The molecule has 44 heavy (non-hydrogen) atoms. The molecule has 0 bridgehead atoms. The molecular formula is C34H39ClFN3O4S. The molecule has 6 rings (SSSR count). The summed E-state index contributed by atoms with van der Waals surface area (Å²) in [5, 5.41) is 0. The van der Waals surface area contributed by atoms with Gasteiger partial charge in [0, 0.05) is 44.9 Å². The van der Waals surface area contributed by atoms with E-state index in [1.54, 1.807) is 47.4 Å². The van der Waals surface area contributed by atoms with E-state index in [9.17, 15) is 22.4 Å². The van der Waals surface area contributed by atoms with Crippen LogP contribution in [0.15, 0.2) is 83.8 Å². The Labute approximate surface area is 265 Å². The van der Waals surface area contributed by atoms with Gasteiger partial charge in [-0.05, 0) is 73.7 Å². The number of hydrogen-bond donors (Lipinski definition) is 0. The lowest BCUT2D eigenvalue weighted by Crippen LogP contribution is -2.46. The van der Waals surface area contributed by atoms with Gasteiger partial charge in [-0.2, -0.15) is 0 Å². The molecule has 0 aromatic heterocycles. The van der Waals surface area contributed by atoms with Gasteiger partial charge in [-0.1, -0.05) is 54.6 Å². The first-order chi connectivity index (χ1) is 20.6. The summed E-state index contributed by atoms with van der Waals surface area (Å²) in [5.74, 6) is -0.191. The monoisotopic (exact) mass is 639 g/mol. The number of halogens is 2. The molecule has 3 aliphatic heterocycles. The molecule has 1 spiro atoms. The Kier molecular flexibility index (Phi) is 9.49. The molecule has 2 amide bonds. The zero-order chi connectivity index (χ0) is 30.2. The van der Waals surface area contributed by atoms with Crippen molar-refractivity contribution in [3.05, 3.63) is 101 Å². The van der Waals surface area contributed by atoms with Crippen molar-refractivity contribution in [1.82, 2.24) is 14.7 Å². The molecule has 10 heteroatoms. The van der Waals surface area contributed by atoms with Crippen molar-refractivity contribution in [3.8, 4) is 0 Å². The largest absolute Gasteiger partial charge is 0.338 e. The summed E-state index contributed by atoms with van der Waals surface area (Å²) in [5.41, 5.74) is 1.89. The topological polar surface area (TPSA) is 78.0 Å². The van der Waals surface area contributed by atoms with Gasteiger partial charge in [0.05, 0.1) is 15.9 Å². The molecule has 0 aliphatic carbocycles. The summed E-state index contributed by atoms with van der Waals surface area (Å²) in [7, 11) is -3.25. The van der Waals surface area contributed by atoms with Crippen LogP contribution >= 0.6 is 12.4 Å². The molecule has 3 aliphatic rings. The molecule has 3 saturated heterocycles. The van der Waals surface area contributed by atoms with Crippen LogP contribution in [0, 0.1) is 17.2 Å². The van der Waals surface area contributed by atoms with E-state index in [0.29, 0.717) is 26.2 Å². The summed E-state index contributed by atoms with van der Waals surface area (Å²) >= 11 is 0. The third-order valence-electron chi connectivity index (χ3n) is 9.69. The maximum Gasteiger partial charge on any atom is 0.256 e. The fourth-order valence-electron chi connectivity index (χ4n) is 7.17. The molecule has 7 nitrogen and oxygen atoms in total. The molecule has 3 aromatic carbocycles. The molecule has 0 N–H and O–H groups in total. The Morgan fingerprint density at radius 2 is 1.52 bits per heavy atom. The number of sulfone groups is 1. The van der Waals surface area contributed by atoms with Crippen molar-refractivity contribution in [2.45, 2.75) is 36.6 Å². The van der Waals surface area contributed by atoms with Gasteiger partial charge in [-0.15, -0.1) is 12.4 Å². The van der Waals surface area contributed by atoms with Crippen LogP contribution in [0.25, 0.3) is 0 Å². The number of nitrogens with zero attached hydrogens (tertiary/aromatic N) is 3. The second-order valence-corrected chi connectivity index (χ2v) is 14.5. The van der Waals surface area contributed by atoms with Crippen LogP contribution in [0.1, 0.15) is 46.7 Å². The van der Waals surface area contributed by atoms with Gasteiger partial charge in [0.25, 0.3) is 5.91 Å². The lowest BCUT2D eigenvalue weighted by atomic mass is 9.76. The average Bonchev–Trinajstić information content (AvgIpc) is 3.56. The van der Waals surface area contributed by atoms with E-state index in [4.69, 9.17) is 0 Å². The van der Waals surface area contributed by atoms with Crippen LogP contribution in [0.4, 0.5) is 4.39 Å². The second kappa shape index (κ2) is 13.0. The van der Waals surface area contributed by atoms with Crippen molar-refractivity contribution in [2.75, 3.05) is 45.5 Å². The predicted octanol–water partition coefficient (Wildman–Crippen LogP) is 5.02. The molecule has 3 aromatic rings.